The zero-order valence-corrected chi connectivity index (χ0v) is 14.4. The first-order valence-electron chi connectivity index (χ1n) is 5.90. The van der Waals surface area contributed by atoms with Crippen molar-refractivity contribution < 1.29 is 25.9 Å². The zero-order valence-electron chi connectivity index (χ0n) is 11.1. The molecule has 122 valence electrons. The van der Waals surface area contributed by atoms with Crippen LogP contribution in [0, 0.1) is 5.92 Å². The van der Waals surface area contributed by atoms with Crippen LogP contribution in [0.3, 0.4) is 0 Å². The maximum Gasteiger partial charge on any atom is 0.264 e. The quantitative estimate of drug-likeness (QED) is 0.276. The molecule has 0 aliphatic heterocycles. The Morgan fingerprint density at radius 3 is 1.90 bits per heavy atom. The second-order valence-corrected chi connectivity index (χ2v) is 10.3. The SMILES string of the molecule is C[C@H](CCS(=O)(=O)O)CSSC[C@H](N)CCS(=O)(=O)O. The Hall–Kier alpha value is 0.480. The van der Waals surface area contributed by atoms with Gasteiger partial charge in [-0.1, -0.05) is 28.5 Å². The average molecular weight is 368 g/mol. The Morgan fingerprint density at radius 1 is 0.950 bits per heavy atom. The van der Waals surface area contributed by atoms with Gasteiger partial charge in [-0.2, -0.15) is 16.8 Å². The molecule has 0 aromatic rings. The first kappa shape index (κ1) is 20.5. The van der Waals surface area contributed by atoms with Gasteiger partial charge in [0, 0.05) is 17.5 Å². The van der Waals surface area contributed by atoms with Gasteiger partial charge in [-0.15, -0.1) is 0 Å². The first-order chi connectivity index (χ1) is 8.99. The van der Waals surface area contributed by atoms with Gasteiger partial charge >= 0.3 is 0 Å². The lowest BCUT2D eigenvalue weighted by Crippen LogP contribution is -2.25. The van der Waals surface area contributed by atoms with E-state index in [4.69, 9.17) is 14.8 Å². The number of nitrogens with two attached hydrogens (primary N) is 1. The van der Waals surface area contributed by atoms with E-state index < -0.39 is 20.2 Å². The van der Waals surface area contributed by atoms with E-state index in [1.165, 1.54) is 21.6 Å². The van der Waals surface area contributed by atoms with Crippen LogP contribution in [0.2, 0.25) is 0 Å². The van der Waals surface area contributed by atoms with Crippen LogP contribution < -0.4 is 5.73 Å². The third-order valence-corrected chi connectivity index (χ3v) is 6.59. The lowest BCUT2D eigenvalue weighted by atomic mass is 10.2. The van der Waals surface area contributed by atoms with Gasteiger partial charge in [-0.25, -0.2) is 0 Å². The summed E-state index contributed by atoms with van der Waals surface area (Å²) < 4.78 is 59.4. The minimum absolute atomic E-state index is 0.142. The number of hydrogen-bond acceptors (Lipinski definition) is 7. The third-order valence-electron chi connectivity index (χ3n) is 2.33. The summed E-state index contributed by atoms with van der Waals surface area (Å²) >= 11 is 0. The molecule has 0 heterocycles. The van der Waals surface area contributed by atoms with Crippen LogP contribution in [-0.4, -0.2) is 55.0 Å². The van der Waals surface area contributed by atoms with Crippen molar-refractivity contribution in [1.82, 2.24) is 0 Å². The highest BCUT2D eigenvalue weighted by Gasteiger charge is 2.12. The van der Waals surface area contributed by atoms with Crippen molar-refractivity contribution in [2.24, 2.45) is 11.7 Å². The molecule has 0 aliphatic rings. The maximum absolute atomic E-state index is 10.6. The molecule has 0 spiro atoms. The molecule has 0 amide bonds. The molecular weight excluding hydrogens is 346 g/mol. The van der Waals surface area contributed by atoms with E-state index in [-0.39, 0.29) is 29.9 Å². The van der Waals surface area contributed by atoms with E-state index in [0.29, 0.717) is 17.9 Å². The van der Waals surface area contributed by atoms with Crippen molar-refractivity contribution in [2.75, 3.05) is 23.0 Å². The van der Waals surface area contributed by atoms with Crippen molar-refractivity contribution in [2.45, 2.75) is 25.8 Å². The molecule has 20 heavy (non-hydrogen) atoms. The van der Waals surface area contributed by atoms with E-state index in [1.807, 2.05) is 6.92 Å². The maximum atomic E-state index is 10.6. The van der Waals surface area contributed by atoms with E-state index in [0.717, 1.165) is 0 Å². The predicted molar refractivity (Wildman–Crippen MR) is 84.1 cm³/mol. The largest absolute Gasteiger partial charge is 0.327 e. The molecule has 0 fully saturated rings. The summed E-state index contributed by atoms with van der Waals surface area (Å²) in [5, 5.41) is 0. The van der Waals surface area contributed by atoms with Crippen molar-refractivity contribution in [3.05, 3.63) is 0 Å². The summed E-state index contributed by atoms with van der Waals surface area (Å²) in [4.78, 5) is 0. The smallest absolute Gasteiger partial charge is 0.264 e. The fraction of sp³-hybridized carbons (Fsp3) is 1.00. The Labute approximate surface area is 128 Å². The highest BCUT2D eigenvalue weighted by molar-refractivity contribution is 8.76. The van der Waals surface area contributed by atoms with Crippen LogP contribution in [0.25, 0.3) is 0 Å². The summed E-state index contributed by atoms with van der Waals surface area (Å²) in [5.41, 5.74) is 5.69. The minimum atomic E-state index is -3.96. The molecule has 7 nitrogen and oxygen atoms in total. The van der Waals surface area contributed by atoms with Gasteiger partial charge in [0.1, 0.15) is 0 Å². The van der Waals surface area contributed by atoms with Crippen LogP contribution >= 0.6 is 21.6 Å². The molecule has 0 unspecified atom stereocenters. The van der Waals surface area contributed by atoms with Gasteiger partial charge < -0.3 is 5.73 Å². The molecule has 2 atom stereocenters. The van der Waals surface area contributed by atoms with Crippen LogP contribution in [0.1, 0.15) is 19.8 Å². The molecule has 4 N–H and O–H groups in total. The van der Waals surface area contributed by atoms with Crippen LogP contribution in [0.4, 0.5) is 0 Å². The van der Waals surface area contributed by atoms with Crippen molar-refractivity contribution in [1.29, 1.82) is 0 Å². The highest BCUT2D eigenvalue weighted by atomic mass is 33.1. The second kappa shape index (κ2) is 9.49. The molecule has 0 rings (SSSR count). The topological polar surface area (TPSA) is 135 Å². The van der Waals surface area contributed by atoms with E-state index in [9.17, 15) is 16.8 Å². The molecule has 0 saturated heterocycles. The monoisotopic (exact) mass is 367 g/mol. The lowest BCUT2D eigenvalue weighted by Gasteiger charge is -2.12. The van der Waals surface area contributed by atoms with Crippen LogP contribution in [-0.2, 0) is 20.2 Å². The molecule has 0 aliphatic carbocycles. The standard InChI is InChI=1S/C9H21NO6S4/c1-8(2-4-19(11,12)13)6-17-18-7-9(10)3-5-20(14,15)16/h8-9H,2-7,10H2,1H3,(H,11,12,13)(H,14,15,16)/t8-,9-/m1/s1. The highest BCUT2D eigenvalue weighted by Crippen LogP contribution is 2.26. The minimum Gasteiger partial charge on any atom is -0.327 e. The van der Waals surface area contributed by atoms with Crippen molar-refractivity contribution >= 4 is 41.8 Å². The lowest BCUT2D eigenvalue weighted by molar-refractivity contribution is 0.474. The Morgan fingerprint density at radius 2 is 1.40 bits per heavy atom. The van der Waals surface area contributed by atoms with Gasteiger partial charge in [-0.05, 0) is 18.8 Å². The number of rotatable bonds is 11. The summed E-state index contributed by atoms with van der Waals surface area (Å²) in [5.74, 6) is 0.817. The van der Waals surface area contributed by atoms with Crippen molar-refractivity contribution in [3.63, 3.8) is 0 Å². The molecule has 11 heteroatoms. The Bertz CT molecular complexity index is 419. The van der Waals surface area contributed by atoms with Gasteiger partial charge in [0.2, 0.25) is 0 Å². The number of hydrogen-bond donors (Lipinski definition) is 3. The van der Waals surface area contributed by atoms with Gasteiger partial charge in [0.15, 0.2) is 0 Å². The van der Waals surface area contributed by atoms with Crippen LogP contribution in [0.15, 0.2) is 0 Å². The fourth-order valence-electron chi connectivity index (χ4n) is 1.12. The fourth-order valence-corrected chi connectivity index (χ4v) is 5.15. The zero-order chi connectivity index (χ0) is 15.8. The van der Waals surface area contributed by atoms with Gasteiger partial charge in [-0.3, -0.25) is 9.11 Å². The molecule has 0 aromatic carbocycles. The molecule has 0 aromatic heterocycles. The average Bonchev–Trinajstić information content (AvgIpc) is 2.27. The summed E-state index contributed by atoms with van der Waals surface area (Å²) in [6.45, 7) is 1.89. The van der Waals surface area contributed by atoms with Crippen molar-refractivity contribution in [3.8, 4) is 0 Å². The summed E-state index contributed by atoms with van der Waals surface area (Å²) in [6.07, 6.45) is 0.589. The molecule has 0 radical (unpaired) electrons. The third kappa shape index (κ3) is 14.9. The summed E-state index contributed by atoms with van der Waals surface area (Å²) in [6, 6.07) is -0.317. The normalized spacial score (nSPS) is 16.0. The van der Waals surface area contributed by atoms with Gasteiger partial charge in [0.25, 0.3) is 20.2 Å². The van der Waals surface area contributed by atoms with E-state index in [2.05, 4.69) is 0 Å². The van der Waals surface area contributed by atoms with Crippen LogP contribution in [0.5, 0.6) is 0 Å². The molecule has 0 bridgehead atoms. The Balaban J connectivity index is 3.65. The first-order valence-corrected chi connectivity index (χ1v) is 11.6. The predicted octanol–water partition coefficient (Wildman–Crippen LogP) is 0.887. The Kier molecular flexibility index (Phi) is 9.72. The molecule has 0 saturated carbocycles. The second-order valence-electron chi connectivity index (χ2n) is 4.58. The van der Waals surface area contributed by atoms with E-state index in [1.54, 1.807) is 0 Å². The molecular formula is C9H21NO6S4. The summed E-state index contributed by atoms with van der Waals surface area (Å²) in [7, 11) is -4.86. The van der Waals surface area contributed by atoms with Gasteiger partial charge in [0.05, 0.1) is 11.5 Å². The van der Waals surface area contributed by atoms with E-state index >= 15 is 0 Å².